The molecule has 0 radical (unpaired) electrons. The highest BCUT2D eigenvalue weighted by Gasteiger charge is 2.42. The number of carbonyl (C=O) groups excluding carboxylic acids is 1. The number of aromatic nitrogens is 1. The van der Waals surface area contributed by atoms with Crippen molar-refractivity contribution in [2.45, 2.75) is 39.2 Å². The molecule has 4 rings (SSSR count). The smallest absolute Gasteiger partial charge is 0.270 e. The molecule has 4 heteroatoms. The topological polar surface area (TPSA) is 28.5 Å². The van der Waals surface area contributed by atoms with Gasteiger partial charge in [-0.1, -0.05) is 25.1 Å². The van der Waals surface area contributed by atoms with E-state index in [1.807, 2.05) is 0 Å². The number of rotatable bonds is 3. The molecule has 25 heavy (non-hydrogen) atoms. The summed E-state index contributed by atoms with van der Waals surface area (Å²) in [4.78, 5) is 17.8. The van der Waals surface area contributed by atoms with Crippen LogP contribution in [-0.4, -0.2) is 53.5 Å². The van der Waals surface area contributed by atoms with Crippen molar-refractivity contribution in [3.05, 3.63) is 36.0 Å². The number of hydrogen-bond acceptors (Lipinski definition) is 2. The van der Waals surface area contributed by atoms with Crippen LogP contribution in [-0.2, 0) is 6.54 Å². The van der Waals surface area contributed by atoms with E-state index in [0.29, 0.717) is 5.41 Å². The summed E-state index contributed by atoms with van der Waals surface area (Å²) in [6, 6.07) is 10.4. The fourth-order valence-corrected chi connectivity index (χ4v) is 4.62. The van der Waals surface area contributed by atoms with Gasteiger partial charge in [-0.2, -0.15) is 0 Å². The van der Waals surface area contributed by atoms with Gasteiger partial charge >= 0.3 is 0 Å². The second kappa shape index (κ2) is 6.49. The van der Waals surface area contributed by atoms with Gasteiger partial charge in [0.25, 0.3) is 5.91 Å². The number of aryl methyl sites for hydroxylation is 1. The molecule has 2 fully saturated rings. The van der Waals surface area contributed by atoms with E-state index < -0.39 is 0 Å². The van der Waals surface area contributed by atoms with Gasteiger partial charge in [-0.05, 0) is 63.4 Å². The van der Waals surface area contributed by atoms with Crippen LogP contribution in [0.1, 0.15) is 43.1 Å². The third kappa shape index (κ3) is 2.97. The molecule has 0 saturated carbocycles. The Bertz CT molecular complexity index is 771. The van der Waals surface area contributed by atoms with Crippen molar-refractivity contribution < 1.29 is 4.79 Å². The number of nitrogens with zero attached hydrogens (tertiary/aromatic N) is 3. The van der Waals surface area contributed by atoms with E-state index >= 15 is 0 Å². The highest BCUT2D eigenvalue weighted by molar-refractivity contribution is 5.99. The number of benzene rings is 1. The molecule has 4 nitrogen and oxygen atoms in total. The van der Waals surface area contributed by atoms with Crippen LogP contribution >= 0.6 is 0 Å². The first kappa shape index (κ1) is 16.6. The van der Waals surface area contributed by atoms with Crippen LogP contribution in [0.25, 0.3) is 10.9 Å². The standard InChI is InChI=1S/C21H29N3O/c1-3-11-24-18-7-5-4-6-17(18)15-19(24)20(25)23-14-10-21(16-23)8-12-22(2)13-9-21/h4-7,15H,3,8-14,16H2,1-2H3. The zero-order valence-corrected chi connectivity index (χ0v) is 15.5. The predicted octanol–water partition coefficient (Wildman–Crippen LogP) is 3.61. The molecule has 2 aliphatic heterocycles. The second-order valence-electron chi connectivity index (χ2n) is 8.02. The van der Waals surface area contributed by atoms with Gasteiger partial charge in [-0.15, -0.1) is 0 Å². The van der Waals surface area contributed by atoms with Crippen LogP contribution in [0.3, 0.4) is 0 Å². The molecule has 2 saturated heterocycles. The van der Waals surface area contributed by atoms with Crippen molar-refractivity contribution in [1.29, 1.82) is 0 Å². The Morgan fingerprint density at radius 2 is 1.84 bits per heavy atom. The van der Waals surface area contributed by atoms with Gasteiger partial charge in [0.1, 0.15) is 5.69 Å². The average Bonchev–Trinajstić information content (AvgIpc) is 3.20. The van der Waals surface area contributed by atoms with Gasteiger partial charge < -0.3 is 14.4 Å². The lowest BCUT2D eigenvalue weighted by atomic mass is 9.78. The lowest BCUT2D eigenvalue weighted by Crippen LogP contribution is -2.40. The predicted molar refractivity (Wildman–Crippen MR) is 102 cm³/mol. The second-order valence-corrected chi connectivity index (χ2v) is 8.02. The zero-order valence-electron chi connectivity index (χ0n) is 15.5. The Kier molecular flexibility index (Phi) is 4.32. The third-order valence-corrected chi connectivity index (χ3v) is 6.25. The monoisotopic (exact) mass is 339 g/mol. The highest BCUT2D eigenvalue weighted by atomic mass is 16.2. The highest BCUT2D eigenvalue weighted by Crippen LogP contribution is 2.40. The van der Waals surface area contributed by atoms with Crippen molar-refractivity contribution in [2.24, 2.45) is 5.41 Å². The Morgan fingerprint density at radius 3 is 2.60 bits per heavy atom. The summed E-state index contributed by atoms with van der Waals surface area (Å²) in [6.07, 6.45) is 4.66. The molecular formula is C21H29N3O. The van der Waals surface area contributed by atoms with Crippen molar-refractivity contribution in [3.8, 4) is 0 Å². The van der Waals surface area contributed by atoms with Crippen molar-refractivity contribution in [3.63, 3.8) is 0 Å². The van der Waals surface area contributed by atoms with E-state index in [-0.39, 0.29) is 5.91 Å². The molecule has 1 amide bonds. The summed E-state index contributed by atoms with van der Waals surface area (Å²) in [7, 11) is 2.20. The molecule has 1 aromatic carbocycles. The average molecular weight is 339 g/mol. The van der Waals surface area contributed by atoms with Crippen LogP contribution in [0.2, 0.25) is 0 Å². The minimum absolute atomic E-state index is 0.223. The van der Waals surface area contributed by atoms with Gasteiger partial charge in [0, 0.05) is 30.5 Å². The summed E-state index contributed by atoms with van der Waals surface area (Å²) >= 11 is 0. The fraction of sp³-hybridized carbons (Fsp3) is 0.571. The lowest BCUT2D eigenvalue weighted by molar-refractivity contribution is 0.0727. The largest absolute Gasteiger partial charge is 0.337 e. The minimum Gasteiger partial charge on any atom is -0.337 e. The van der Waals surface area contributed by atoms with Crippen LogP contribution in [0.4, 0.5) is 0 Å². The molecule has 2 aliphatic rings. The van der Waals surface area contributed by atoms with Gasteiger partial charge in [-0.3, -0.25) is 4.79 Å². The summed E-state index contributed by atoms with van der Waals surface area (Å²) < 4.78 is 2.22. The van der Waals surface area contributed by atoms with E-state index in [1.165, 1.54) is 30.2 Å². The van der Waals surface area contributed by atoms with E-state index in [2.05, 4.69) is 58.7 Å². The fourth-order valence-electron chi connectivity index (χ4n) is 4.62. The molecule has 0 bridgehead atoms. The Balaban J connectivity index is 1.59. The summed E-state index contributed by atoms with van der Waals surface area (Å²) in [5.41, 5.74) is 2.41. The maximum atomic E-state index is 13.3. The number of hydrogen-bond donors (Lipinski definition) is 0. The van der Waals surface area contributed by atoms with Crippen LogP contribution in [0, 0.1) is 5.41 Å². The van der Waals surface area contributed by atoms with Crippen LogP contribution in [0.5, 0.6) is 0 Å². The van der Waals surface area contributed by atoms with Crippen molar-refractivity contribution in [1.82, 2.24) is 14.4 Å². The minimum atomic E-state index is 0.223. The summed E-state index contributed by atoms with van der Waals surface area (Å²) in [6.45, 7) is 7.25. The van der Waals surface area contributed by atoms with E-state index in [0.717, 1.165) is 44.8 Å². The summed E-state index contributed by atoms with van der Waals surface area (Å²) in [5.74, 6) is 0.223. The Morgan fingerprint density at radius 1 is 1.12 bits per heavy atom. The number of amides is 1. The summed E-state index contributed by atoms with van der Waals surface area (Å²) in [5, 5.41) is 1.17. The molecule has 2 aromatic rings. The quantitative estimate of drug-likeness (QED) is 0.855. The number of carbonyl (C=O) groups is 1. The maximum absolute atomic E-state index is 13.3. The van der Waals surface area contributed by atoms with Gasteiger partial charge in [-0.25, -0.2) is 0 Å². The Hall–Kier alpha value is -1.81. The molecule has 3 heterocycles. The first-order valence-electron chi connectivity index (χ1n) is 9.68. The van der Waals surface area contributed by atoms with Gasteiger partial charge in [0.05, 0.1) is 0 Å². The van der Waals surface area contributed by atoms with Crippen molar-refractivity contribution >= 4 is 16.8 Å². The lowest BCUT2D eigenvalue weighted by Gasteiger charge is -2.37. The number of fused-ring (bicyclic) bond motifs is 1. The van der Waals surface area contributed by atoms with Crippen LogP contribution < -0.4 is 0 Å². The molecular weight excluding hydrogens is 310 g/mol. The van der Waals surface area contributed by atoms with Crippen LogP contribution in [0.15, 0.2) is 30.3 Å². The molecule has 1 spiro atoms. The molecule has 0 N–H and O–H groups in total. The first-order chi connectivity index (χ1) is 12.1. The van der Waals surface area contributed by atoms with E-state index in [9.17, 15) is 4.79 Å². The molecule has 134 valence electrons. The van der Waals surface area contributed by atoms with Crippen molar-refractivity contribution in [2.75, 3.05) is 33.2 Å². The molecule has 0 unspecified atom stereocenters. The normalized spacial score (nSPS) is 20.6. The number of para-hydroxylation sites is 1. The van der Waals surface area contributed by atoms with Gasteiger partial charge in [0.2, 0.25) is 0 Å². The zero-order chi connectivity index (χ0) is 17.4. The third-order valence-electron chi connectivity index (χ3n) is 6.25. The number of likely N-dealkylation sites (tertiary alicyclic amines) is 2. The Labute approximate surface area is 150 Å². The van der Waals surface area contributed by atoms with E-state index in [1.54, 1.807) is 0 Å². The molecule has 0 atom stereocenters. The van der Waals surface area contributed by atoms with Gasteiger partial charge in [0.15, 0.2) is 0 Å². The first-order valence-corrected chi connectivity index (χ1v) is 9.68. The maximum Gasteiger partial charge on any atom is 0.270 e. The number of piperidine rings is 1. The molecule has 1 aromatic heterocycles. The SMILES string of the molecule is CCCn1c(C(=O)N2CCC3(CCN(C)CC3)C2)cc2ccccc21. The van der Waals surface area contributed by atoms with E-state index in [4.69, 9.17) is 0 Å². The molecule has 0 aliphatic carbocycles.